The molecule has 0 saturated heterocycles. The Morgan fingerprint density at radius 3 is 0.605 bits per heavy atom. The average molecular weight is 648 g/mol. The third-order valence-electron chi connectivity index (χ3n) is 6.37. The minimum absolute atomic E-state index is 0. The van der Waals surface area contributed by atoms with E-state index in [0.717, 1.165) is 0 Å². The second-order valence-corrected chi connectivity index (χ2v) is 14.1. The van der Waals surface area contributed by atoms with E-state index in [1.54, 1.807) is 0 Å². The molecule has 0 atom stereocenters. The zero-order valence-corrected chi connectivity index (χ0v) is 26.3. The van der Waals surface area contributed by atoms with Gasteiger partial charge in [0.15, 0.2) is 0 Å². The van der Waals surface area contributed by atoms with E-state index in [1.807, 2.05) is 0 Å². The second-order valence-electron chi connectivity index (χ2n) is 9.18. The standard InChI is InChI=1S/2C18H15P.HNO3.Ni/c2*1-4-10-16(11-5-1)19(17-12-6-2-7-13-17)18-14-8-3-9-15-18;2-1(3)4;/h2*1-15H;(H,2,3,4);/p+2. The molecular weight excluding hydrogens is 615 g/mol. The first-order valence-electron chi connectivity index (χ1n) is 13.5. The van der Waals surface area contributed by atoms with Crippen molar-refractivity contribution in [2.24, 2.45) is 0 Å². The Hall–Kier alpha value is -4.13. The van der Waals surface area contributed by atoms with Crippen LogP contribution in [0.15, 0.2) is 182 Å². The van der Waals surface area contributed by atoms with Crippen molar-refractivity contribution in [1.29, 1.82) is 0 Å². The van der Waals surface area contributed by atoms with Crippen LogP contribution in [0.4, 0.5) is 0 Å². The van der Waals surface area contributed by atoms with Crippen LogP contribution in [-0.2, 0) is 16.5 Å². The van der Waals surface area contributed by atoms with Crippen LogP contribution in [0.3, 0.4) is 0 Å². The quantitative estimate of drug-likeness (QED) is 0.104. The van der Waals surface area contributed by atoms with Crippen LogP contribution in [0.2, 0.25) is 0 Å². The number of benzene rings is 6. The molecule has 6 aromatic carbocycles. The zero-order valence-electron chi connectivity index (χ0n) is 23.3. The molecule has 43 heavy (non-hydrogen) atoms. The zero-order chi connectivity index (χ0) is 29.4. The Kier molecular flexibility index (Phi) is 14.3. The van der Waals surface area contributed by atoms with E-state index in [4.69, 9.17) is 15.3 Å². The maximum atomic E-state index is 8.36. The molecule has 218 valence electrons. The third-order valence-corrected chi connectivity index (χ3v) is 11.8. The van der Waals surface area contributed by atoms with E-state index in [1.165, 1.54) is 31.8 Å². The van der Waals surface area contributed by atoms with Gasteiger partial charge >= 0.3 is 0 Å². The second kappa shape index (κ2) is 18.4. The minimum Gasteiger partial charge on any atom is -0.328 e. The molecule has 4 nitrogen and oxygen atoms in total. The molecule has 6 aromatic rings. The molecule has 0 bridgehead atoms. The van der Waals surface area contributed by atoms with Crippen molar-refractivity contribution in [2.45, 2.75) is 0 Å². The summed E-state index contributed by atoms with van der Waals surface area (Å²) in [7, 11) is -1.75. The van der Waals surface area contributed by atoms with Crippen LogP contribution in [0, 0.1) is 10.1 Å². The van der Waals surface area contributed by atoms with E-state index in [-0.39, 0.29) is 16.5 Å². The topological polar surface area (TPSA) is 63.4 Å². The van der Waals surface area contributed by atoms with Crippen LogP contribution in [-0.4, -0.2) is 10.3 Å². The third kappa shape index (κ3) is 10.6. The van der Waals surface area contributed by atoms with Gasteiger partial charge in [0.1, 0.15) is 31.8 Å². The molecule has 1 N–H and O–H groups in total. The molecule has 0 aliphatic rings. The van der Waals surface area contributed by atoms with Crippen molar-refractivity contribution >= 4 is 47.7 Å². The van der Waals surface area contributed by atoms with Crippen molar-refractivity contribution < 1.29 is 26.8 Å². The fourth-order valence-electron chi connectivity index (χ4n) is 4.63. The van der Waals surface area contributed by atoms with Crippen molar-refractivity contribution in [3.63, 3.8) is 0 Å². The van der Waals surface area contributed by atoms with Gasteiger partial charge in [-0.15, -0.1) is 10.1 Å². The van der Waals surface area contributed by atoms with E-state index in [2.05, 4.69) is 182 Å². The Bertz CT molecular complexity index is 1290. The van der Waals surface area contributed by atoms with Gasteiger partial charge < -0.3 is 5.21 Å². The Balaban J connectivity index is 0.000000206. The molecule has 0 radical (unpaired) electrons. The average Bonchev–Trinajstić information content (AvgIpc) is 3.05. The van der Waals surface area contributed by atoms with Gasteiger partial charge in [0.25, 0.3) is 5.09 Å². The van der Waals surface area contributed by atoms with Gasteiger partial charge in [-0.2, -0.15) is 0 Å². The molecule has 0 fully saturated rings. The summed E-state index contributed by atoms with van der Waals surface area (Å²) in [5, 5.41) is 22.2. The monoisotopic (exact) mass is 647 g/mol. The number of hydrogen-bond donors (Lipinski definition) is 1. The number of rotatable bonds is 6. The molecule has 0 aliphatic heterocycles. The fourth-order valence-corrected chi connectivity index (χ4v) is 9.78. The smallest absolute Gasteiger partial charge is 0.291 e. The van der Waals surface area contributed by atoms with Gasteiger partial charge in [-0.25, -0.2) is 0 Å². The summed E-state index contributed by atoms with van der Waals surface area (Å²) in [5.74, 6) is 0. The van der Waals surface area contributed by atoms with Gasteiger partial charge in [-0.05, 0) is 72.8 Å². The Labute approximate surface area is 265 Å². The molecular formula is C36H33NNiO3P2+2. The Morgan fingerprint density at radius 2 is 0.488 bits per heavy atom. The van der Waals surface area contributed by atoms with Crippen LogP contribution in [0.1, 0.15) is 0 Å². The normalized spacial score (nSPS) is 9.91. The molecule has 0 aliphatic carbocycles. The van der Waals surface area contributed by atoms with Crippen LogP contribution < -0.4 is 31.8 Å². The van der Waals surface area contributed by atoms with Gasteiger partial charge in [-0.1, -0.05) is 109 Å². The minimum atomic E-state index is -1.50. The summed E-state index contributed by atoms with van der Waals surface area (Å²) in [6.45, 7) is 0. The summed E-state index contributed by atoms with van der Waals surface area (Å²) in [6.07, 6.45) is 0. The summed E-state index contributed by atoms with van der Waals surface area (Å²) in [4.78, 5) is 8.36. The van der Waals surface area contributed by atoms with E-state index in [0.29, 0.717) is 0 Å². The predicted molar refractivity (Wildman–Crippen MR) is 182 cm³/mol. The Morgan fingerprint density at radius 1 is 0.372 bits per heavy atom. The molecule has 0 aromatic heterocycles. The van der Waals surface area contributed by atoms with Gasteiger partial charge in [-0.3, -0.25) is 0 Å². The molecule has 0 unspecified atom stereocenters. The number of nitrogens with zero attached hydrogens (tertiary/aromatic N) is 1. The van der Waals surface area contributed by atoms with Crippen molar-refractivity contribution in [3.05, 3.63) is 192 Å². The van der Waals surface area contributed by atoms with Crippen LogP contribution >= 0.6 is 15.8 Å². The maximum absolute atomic E-state index is 8.36. The molecule has 6 rings (SSSR count). The van der Waals surface area contributed by atoms with Gasteiger partial charge in [0.05, 0.1) is 15.8 Å². The summed E-state index contributed by atoms with van der Waals surface area (Å²) >= 11 is 0. The molecule has 0 amide bonds. The summed E-state index contributed by atoms with van der Waals surface area (Å²) in [6, 6.07) is 65.0. The fraction of sp³-hybridized carbons (Fsp3) is 0. The van der Waals surface area contributed by atoms with E-state index >= 15 is 0 Å². The van der Waals surface area contributed by atoms with Crippen LogP contribution in [0.5, 0.6) is 0 Å². The first-order valence-corrected chi connectivity index (χ1v) is 16.5. The summed E-state index contributed by atoms with van der Waals surface area (Å²) < 4.78 is 0. The maximum Gasteiger partial charge on any atom is 0.291 e. The van der Waals surface area contributed by atoms with Crippen molar-refractivity contribution in [2.75, 3.05) is 0 Å². The largest absolute Gasteiger partial charge is 0.328 e. The van der Waals surface area contributed by atoms with E-state index < -0.39 is 20.9 Å². The predicted octanol–water partition coefficient (Wildman–Crippen LogP) is 6.00. The first kappa shape index (κ1) is 33.4. The van der Waals surface area contributed by atoms with Gasteiger partial charge in [0, 0.05) is 16.5 Å². The van der Waals surface area contributed by atoms with Gasteiger partial charge in [0.2, 0.25) is 0 Å². The molecule has 7 heteroatoms. The number of hydrogen-bond acceptors (Lipinski definition) is 2. The SMILES string of the molecule is O=[N+]([O-])O.[Ni].c1ccc([PH+](c2ccccc2)c2ccccc2)cc1.c1ccc([PH+](c2ccccc2)c2ccccc2)cc1. The van der Waals surface area contributed by atoms with Crippen molar-refractivity contribution in [1.82, 2.24) is 0 Å². The van der Waals surface area contributed by atoms with E-state index in [9.17, 15) is 0 Å². The summed E-state index contributed by atoms with van der Waals surface area (Å²) in [5.41, 5.74) is 0. The molecule has 0 spiro atoms. The first-order chi connectivity index (χ1) is 20.6. The van der Waals surface area contributed by atoms with Crippen molar-refractivity contribution in [3.8, 4) is 0 Å². The molecule has 0 heterocycles. The molecule has 0 saturated carbocycles. The van der Waals surface area contributed by atoms with Crippen LogP contribution in [0.25, 0.3) is 0 Å².